The zero-order chi connectivity index (χ0) is 19.1. The van der Waals surface area contributed by atoms with Crippen molar-refractivity contribution < 1.29 is 18.4 Å². The molecule has 0 spiro atoms. The molecule has 2 aromatic heterocycles. The summed E-state index contributed by atoms with van der Waals surface area (Å²) in [6.45, 7) is 9.09. The van der Waals surface area contributed by atoms with Crippen LogP contribution in [0.3, 0.4) is 0 Å². The molecule has 2 amide bonds. The van der Waals surface area contributed by atoms with E-state index < -0.39 is 0 Å². The van der Waals surface area contributed by atoms with E-state index in [-0.39, 0.29) is 18.2 Å². The molecule has 0 radical (unpaired) electrons. The van der Waals surface area contributed by atoms with Crippen LogP contribution in [0.25, 0.3) is 0 Å². The molecular weight excluding hydrogens is 332 g/mol. The number of carbonyl (C=O) groups is 2. The molecule has 0 aliphatic rings. The Hall–Kier alpha value is -2.50. The van der Waals surface area contributed by atoms with E-state index in [0.29, 0.717) is 48.4 Å². The van der Waals surface area contributed by atoms with Gasteiger partial charge in [-0.05, 0) is 44.4 Å². The van der Waals surface area contributed by atoms with Crippen LogP contribution in [-0.2, 0) is 11.3 Å². The fourth-order valence-corrected chi connectivity index (χ4v) is 2.68. The summed E-state index contributed by atoms with van der Waals surface area (Å²) in [5.41, 5.74) is 0.522. The third-order valence-electron chi connectivity index (χ3n) is 4.14. The molecule has 2 rings (SSSR count). The first-order chi connectivity index (χ1) is 12.4. The molecule has 0 unspecified atom stereocenters. The van der Waals surface area contributed by atoms with E-state index in [9.17, 15) is 9.59 Å². The Balaban J connectivity index is 2.00. The Bertz CT molecular complexity index is 716. The van der Waals surface area contributed by atoms with Crippen molar-refractivity contribution in [3.8, 4) is 0 Å². The highest BCUT2D eigenvalue weighted by molar-refractivity contribution is 5.95. The number of hydrogen-bond acceptors (Lipinski definition) is 4. The summed E-state index contributed by atoms with van der Waals surface area (Å²) < 4.78 is 10.8. The summed E-state index contributed by atoms with van der Waals surface area (Å²) in [7, 11) is 0. The number of hydrogen-bond donors (Lipinski definition) is 1. The van der Waals surface area contributed by atoms with Gasteiger partial charge < -0.3 is 19.1 Å². The lowest BCUT2D eigenvalue weighted by atomic mass is 10.1. The molecule has 0 atom stereocenters. The van der Waals surface area contributed by atoms with Gasteiger partial charge in [-0.1, -0.05) is 13.8 Å². The van der Waals surface area contributed by atoms with Crippen molar-refractivity contribution in [1.82, 2.24) is 10.2 Å². The van der Waals surface area contributed by atoms with Gasteiger partial charge in [-0.3, -0.25) is 9.59 Å². The predicted octanol–water partition coefficient (Wildman–Crippen LogP) is 3.68. The second-order valence-electron chi connectivity index (χ2n) is 6.92. The van der Waals surface area contributed by atoms with Gasteiger partial charge in [0.2, 0.25) is 5.91 Å². The molecule has 6 heteroatoms. The molecule has 0 bridgehead atoms. The van der Waals surface area contributed by atoms with E-state index in [4.69, 9.17) is 8.83 Å². The fourth-order valence-electron chi connectivity index (χ4n) is 2.68. The Morgan fingerprint density at radius 1 is 1.27 bits per heavy atom. The van der Waals surface area contributed by atoms with Gasteiger partial charge in [0, 0.05) is 19.5 Å². The van der Waals surface area contributed by atoms with E-state index in [1.807, 2.05) is 13.0 Å². The SMILES string of the molecule is Cc1cc(C(=O)N(CCC(=O)NCCC(C)C)Cc2ccco2)c(C)o1. The van der Waals surface area contributed by atoms with E-state index in [0.717, 1.165) is 6.42 Å². The average molecular weight is 360 g/mol. The molecule has 0 saturated carbocycles. The second-order valence-corrected chi connectivity index (χ2v) is 6.92. The standard InChI is InChI=1S/C20H28N2O4/c1-14(2)7-9-21-19(23)8-10-22(13-17-6-5-11-25-17)20(24)18-12-15(3)26-16(18)4/h5-6,11-12,14H,7-10,13H2,1-4H3,(H,21,23). The zero-order valence-electron chi connectivity index (χ0n) is 16.0. The number of furan rings is 2. The van der Waals surface area contributed by atoms with E-state index in [1.54, 1.807) is 30.2 Å². The van der Waals surface area contributed by atoms with Gasteiger partial charge in [0.1, 0.15) is 17.3 Å². The minimum absolute atomic E-state index is 0.0528. The van der Waals surface area contributed by atoms with Crippen LogP contribution < -0.4 is 5.32 Å². The van der Waals surface area contributed by atoms with Crippen LogP contribution >= 0.6 is 0 Å². The molecule has 26 heavy (non-hydrogen) atoms. The third kappa shape index (κ3) is 5.79. The number of carbonyl (C=O) groups excluding carboxylic acids is 2. The van der Waals surface area contributed by atoms with E-state index in [2.05, 4.69) is 19.2 Å². The summed E-state index contributed by atoms with van der Waals surface area (Å²) in [6, 6.07) is 5.33. The molecule has 142 valence electrons. The lowest BCUT2D eigenvalue weighted by Gasteiger charge is -2.21. The minimum Gasteiger partial charge on any atom is -0.467 e. The number of nitrogens with zero attached hydrogens (tertiary/aromatic N) is 1. The normalized spacial score (nSPS) is 11.0. The topological polar surface area (TPSA) is 75.7 Å². The van der Waals surface area contributed by atoms with Crippen molar-refractivity contribution in [3.63, 3.8) is 0 Å². The summed E-state index contributed by atoms with van der Waals surface area (Å²) in [6.07, 6.45) is 2.76. The summed E-state index contributed by atoms with van der Waals surface area (Å²) >= 11 is 0. The van der Waals surface area contributed by atoms with Gasteiger partial charge in [-0.2, -0.15) is 0 Å². The predicted molar refractivity (Wildman–Crippen MR) is 98.7 cm³/mol. The summed E-state index contributed by atoms with van der Waals surface area (Å²) in [4.78, 5) is 26.6. The van der Waals surface area contributed by atoms with Gasteiger partial charge in [-0.15, -0.1) is 0 Å². The Labute approximate surface area is 154 Å². The smallest absolute Gasteiger partial charge is 0.257 e. The van der Waals surface area contributed by atoms with Crippen molar-refractivity contribution >= 4 is 11.8 Å². The maximum Gasteiger partial charge on any atom is 0.257 e. The van der Waals surface area contributed by atoms with Gasteiger partial charge in [0.05, 0.1) is 18.4 Å². The van der Waals surface area contributed by atoms with Gasteiger partial charge in [0.25, 0.3) is 5.91 Å². The van der Waals surface area contributed by atoms with Crippen LogP contribution in [0.4, 0.5) is 0 Å². The molecular formula is C20H28N2O4. The molecule has 2 aromatic rings. The zero-order valence-corrected chi connectivity index (χ0v) is 16.0. The maximum absolute atomic E-state index is 12.9. The van der Waals surface area contributed by atoms with Gasteiger partial charge >= 0.3 is 0 Å². The number of nitrogens with one attached hydrogen (secondary N) is 1. The highest BCUT2D eigenvalue weighted by Gasteiger charge is 2.22. The lowest BCUT2D eigenvalue weighted by Crippen LogP contribution is -2.35. The van der Waals surface area contributed by atoms with Crippen LogP contribution in [0.1, 0.15) is 54.3 Å². The van der Waals surface area contributed by atoms with Crippen LogP contribution in [-0.4, -0.2) is 29.8 Å². The van der Waals surface area contributed by atoms with Crippen molar-refractivity contribution in [2.24, 2.45) is 5.92 Å². The minimum atomic E-state index is -0.161. The molecule has 0 aliphatic heterocycles. The average Bonchev–Trinajstić information content (AvgIpc) is 3.19. The monoisotopic (exact) mass is 360 g/mol. The third-order valence-corrected chi connectivity index (χ3v) is 4.14. The Morgan fingerprint density at radius 2 is 2.04 bits per heavy atom. The summed E-state index contributed by atoms with van der Waals surface area (Å²) in [5.74, 6) is 2.28. The fraction of sp³-hybridized carbons (Fsp3) is 0.500. The Morgan fingerprint density at radius 3 is 2.62 bits per heavy atom. The summed E-state index contributed by atoms with van der Waals surface area (Å²) in [5, 5.41) is 2.90. The van der Waals surface area contributed by atoms with Crippen LogP contribution in [0, 0.1) is 19.8 Å². The first-order valence-corrected chi connectivity index (χ1v) is 9.02. The van der Waals surface area contributed by atoms with Crippen molar-refractivity contribution in [3.05, 3.63) is 47.3 Å². The largest absolute Gasteiger partial charge is 0.467 e. The van der Waals surface area contributed by atoms with E-state index in [1.165, 1.54) is 0 Å². The van der Waals surface area contributed by atoms with Crippen LogP contribution in [0.15, 0.2) is 33.3 Å². The molecule has 0 aromatic carbocycles. The van der Waals surface area contributed by atoms with Gasteiger partial charge in [0.15, 0.2) is 0 Å². The molecule has 2 heterocycles. The quantitative estimate of drug-likeness (QED) is 0.740. The number of rotatable bonds is 9. The number of amides is 2. The Kier molecular flexibility index (Phi) is 7.06. The maximum atomic E-state index is 12.9. The van der Waals surface area contributed by atoms with Crippen molar-refractivity contribution in [2.45, 2.75) is 47.1 Å². The first-order valence-electron chi connectivity index (χ1n) is 9.02. The number of aryl methyl sites for hydroxylation is 2. The molecule has 0 fully saturated rings. The lowest BCUT2D eigenvalue weighted by molar-refractivity contribution is -0.121. The van der Waals surface area contributed by atoms with E-state index >= 15 is 0 Å². The van der Waals surface area contributed by atoms with Gasteiger partial charge in [-0.25, -0.2) is 0 Å². The highest BCUT2D eigenvalue weighted by atomic mass is 16.3. The molecule has 1 N–H and O–H groups in total. The first kappa shape index (κ1) is 19.8. The highest BCUT2D eigenvalue weighted by Crippen LogP contribution is 2.18. The molecule has 6 nitrogen and oxygen atoms in total. The van der Waals surface area contributed by atoms with Crippen molar-refractivity contribution in [2.75, 3.05) is 13.1 Å². The molecule has 0 aliphatic carbocycles. The van der Waals surface area contributed by atoms with Crippen molar-refractivity contribution in [1.29, 1.82) is 0 Å². The second kappa shape index (κ2) is 9.27. The van der Waals surface area contributed by atoms with Crippen LogP contribution in [0.5, 0.6) is 0 Å². The van der Waals surface area contributed by atoms with Crippen LogP contribution in [0.2, 0.25) is 0 Å². The molecule has 0 saturated heterocycles.